The molecule has 1 aromatic heterocycles. The van der Waals surface area contributed by atoms with Crippen molar-refractivity contribution in [3.63, 3.8) is 0 Å². The molecule has 1 saturated heterocycles. The maximum atomic E-state index is 10.3. The van der Waals surface area contributed by atoms with Gasteiger partial charge in [0.15, 0.2) is 0 Å². The highest BCUT2D eigenvalue weighted by molar-refractivity contribution is 5.88. The number of phenolic OH excluding ortho intramolecular Hbond substituents is 3. The van der Waals surface area contributed by atoms with E-state index in [9.17, 15) is 35.7 Å². The van der Waals surface area contributed by atoms with Gasteiger partial charge in [-0.3, -0.25) is 0 Å². The Morgan fingerprint density at radius 3 is 2.26 bits per heavy atom. The van der Waals surface area contributed by atoms with Crippen molar-refractivity contribution in [2.45, 2.75) is 30.7 Å². The molecular formula is C21H21O10+. The van der Waals surface area contributed by atoms with Crippen molar-refractivity contribution in [3.8, 4) is 34.3 Å². The zero-order valence-corrected chi connectivity index (χ0v) is 16.0. The Morgan fingerprint density at radius 2 is 1.58 bits per heavy atom. The number of ether oxygens (including phenoxy) is 2. The van der Waals surface area contributed by atoms with Gasteiger partial charge in [0.05, 0.1) is 18.2 Å². The zero-order valence-electron chi connectivity index (χ0n) is 16.0. The largest absolute Gasteiger partial charge is 0.508 e. The van der Waals surface area contributed by atoms with Gasteiger partial charge in [-0.15, -0.1) is 0 Å². The topological polar surface area (TPSA) is 171 Å². The van der Waals surface area contributed by atoms with Gasteiger partial charge in [0.2, 0.25) is 12.0 Å². The lowest BCUT2D eigenvalue weighted by molar-refractivity contribution is -0.277. The van der Waals surface area contributed by atoms with Crippen molar-refractivity contribution in [2.75, 3.05) is 6.61 Å². The Kier molecular flexibility index (Phi) is 5.56. The summed E-state index contributed by atoms with van der Waals surface area (Å²) in [4.78, 5) is 0. The molecule has 1 fully saturated rings. The van der Waals surface area contributed by atoms with Crippen LogP contribution in [0.3, 0.4) is 0 Å². The van der Waals surface area contributed by atoms with Crippen LogP contribution in [0.15, 0.2) is 46.9 Å². The maximum Gasteiger partial charge on any atom is 0.402 e. The minimum absolute atomic E-state index is 0.0104. The lowest BCUT2D eigenvalue weighted by Gasteiger charge is -2.39. The summed E-state index contributed by atoms with van der Waals surface area (Å²) in [5.74, 6) is -0.420. The van der Waals surface area contributed by atoms with Gasteiger partial charge in [-0.25, -0.2) is 4.42 Å². The van der Waals surface area contributed by atoms with Gasteiger partial charge in [0, 0.05) is 12.1 Å². The van der Waals surface area contributed by atoms with Crippen LogP contribution in [0.1, 0.15) is 0 Å². The van der Waals surface area contributed by atoms with Crippen LogP contribution in [0.5, 0.6) is 23.0 Å². The Balaban J connectivity index is 1.81. The summed E-state index contributed by atoms with van der Waals surface area (Å²) in [5.41, 5.74) is 0.573. The molecule has 1 unspecified atom stereocenters. The van der Waals surface area contributed by atoms with Crippen LogP contribution >= 0.6 is 0 Å². The Labute approximate surface area is 175 Å². The lowest BCUT2D eigenvalue weighted by atomic mass is 9.99. The maximum absolute atomic E-state index is 10.3. The average molecular weight is 433 g/mol. The second kappa shape index (κ2) is 8.17. The van der Waals surface area contributed by atoms with E-state index in [0.29, 0.717) is 5.56 Å². The minimum atomic E-state index is -1.66. The van der Waals surface area contributed by atoms with E-state index in [0.717, 1.165) is 6.07 Å². The van der Waals surface area contributed by atoms with E-state index in [4.69, 9.17) is 13.9 Å². The molecule has 1 aliphatic heterocycles. The standard InChI is InChI=1S/C21H20O10/c22-8-16-17(26)18(27)19(28)21(31-16)30-15-7-12-13(25)5-11(24)6-14(12)29-20(15)9-1-3-10(23)4-2-9/h1-7,16-19,21-22,26-28H,8H2,(H2-,23,24,25)/p+1/t16-,17-,18+,19-,21?/m1/s1. The number of benzene rings is 2. The number of aliphatic hydroxyl groups is 4. The molecule has 5 atom stereocenters. The van der Waals surface area contributed by atoms with Gasteiger partial charge >= 0.3 is 11.3 Å². The van der Waals surface area contributed by atoms with E-state index in [1.165, 1.54) is 36.4 Å². The predicted molar refractivity (Wildman–Crippen MR) is 105 cm³/mol. The summed E-state index contributed by atoms with van der Waals surface area (Å²) in [6.07, 6.45) is -7.52. The number of aromatic hydroxyl groups is 3. The number of hydrogen-bond donors (Lipinski definition) is 7. The summed E-state index contributed by atoms with van der Waals surface area (Å²) >= 11 is 0. The number of fused-ring (bicyclic) bond motifs is 1. The van der Waals surface area contributed by atoms with Crippen molar-refractivity contribution in [1.82, 2.24) is 0 Å². The fourth-order valence-electron chi connectivity index (χ4n) is 3.38. The molecule has 0 saturated carbocycles. The molecule has 2 heterocycles. The van der Waals surface area contributed by atoms with Crippen LogP contribution in [0.2, 0.25) is 0 Å². The first-order valence-electron chi connectivity index (χ1n) is 9.38. The van der Waals surface area contributed by atoms with Crippen LogP contribution in [0.25, 0.3) is 22.3 Å². The van der Waals surface area contributed by atoms with E-state index >= 15 is 0 Å². The fourth-order valence-corrected chi connectivity index (χ4v) is 3.38. The molecule has 31 heavy (non-hydrogen) atoms. The molecule has 0 bridgehead atoms. The second-order valence-electron chi connectivity index (χ2n) is 7.18. The third-order valence-corrected chi connectivity index (χ3v) is 5.04. The molecule has 7 N–H and O–H groups in total. The van der Waals surface area contributed by atoms with Crippen LogP contribution in [-0.2, 0) is 4.74 Å². The third-order valence-electron chi connectivity index (χ3n) is 5.04. The first-order chi connectivity index (χ1) is 14.8. The molecule has 2 aromatic carbocycles. The average Bonchev–Trinajstić information content (AvgIpc) is 2.74. The molecule has 10 nitrogen and oxygen atoms in total. The number of phenols is 3. The van der Waals surface area contributed by atoms with Crippen molar-refractivity contribution in [2.24, 2.45) is 0 Å². The third kappa shape index (κ3) is 3.94. The van der Waals surface area contributed by atoms with Crippen LogP contribution in [-0.4, -0.2) is 73.1 Å². The second-order valence-corrected chi connectivity index (χ2v) is 7.18. The summed E-state index contributed by atoms with van der Waals surface area (Å²) in [5, 5.41) is 69.4. The molecule has 0 aliphatic carbocycles. The van der Waals surface area contributed by atoms with Crippen LogP contribution in [0.4, 0.5) is 0 Å². The molecule has 10 heteroatoms. The molecular weight excluding hydrogens is 412 g/mol. The van der Waals surface area contributed by atoms with E-state index < -0.39 is 37.3 Å². The number of hydrogen-bond acceptors (Lipinski definition) is 9. The monoisotopic (exact) mass is 433 g/mol. The van der Waals surface area contributed by atoms with Gasteiger partial charge in [0.1, 0.15) is 47.1 Å². The van der Waals surface area contributed by atoms with E-state index in [-0.39, 0.29) is 39.7 Å². The van der Waals surface area contributed by atoms with Gasteiger partial charge in [-0.1, -0.05) is 0 Å². The summed E-state index contributed by atoms with van der Waals surface area (Å²) in [7, 11) is 0. The molecule has 164 valence electrons. The van der Waals surface area contributed by atoms with Crippen molar-refractivity contribution >= 4 is 11.0 Å². The van der Waals surface area contributed by atoms with Crippen LogP contribution < -0.4 is 4.74 Å². The Bertz CT molecular complexity index is 1080. The summed E-state index contributed by atoms with van der Waals surface area (Å²) in [6.45, 7) is -0.627. The Hall–Kier alpha value is -3.15. The first kappa shape index (κ1) is 21.1. The SMILES string of the molecule is OC[C@H]1OC(Oc2cc3c(O)cc(O)cc3[o+]c2-c2ccc(O)cc2)[C@H](O)[C@@H](O)[C@@H]1O. The van der Waals surface area contributed by atoms with E-state index in [2.05, 4.69) is 0 Å². The minimum Gasteiger partial charge on any atom is -0.508 e. The highest BCUT2D eigenvalue weighted by Crippen LogP contribution is 2.40. The molecule has 0 amide bonds. The molecule has 0 spiro atoms. The van der Waals surface area contributed by atoms with Gasteiger partial charge in [-0.2, -0.15) is 0 Å². The van der Waals surface area contributed by atoms with E-state index in [1.807, 2.05) is 0 Å². The molecule has 1 aliphatic rings. The molecule has 3 aromatic rings. The van der Waals surface area contributed by atoms with Crippen molar-refractivity contribution in [3.05, 3.63) is 42.5 Å². The van der Waals surface area contributed by atoms with Crippen molar-refractivity contribution < 1.29 is 49.6 Å². The highest BCUT2D eigenvalue weighted by atomic mass is 16.7. The molecule has 4 rings (SSSR count). The van der Waals surface area contributed by atoms with Crippen molar-refractivity contribution in [1.29, 1.82) is 0 Å². The first-order valence-corrected chi connectivity index (χ1v) is 9.38. The normalized spacial score (nSPS) is 26.1. The fraction of sp³-hybridized carbons (Fsp3) is 0.286. The zero-order chi connectivity index (χ0) is 22.3. The predicted octanol–water partition coefficient (Wildman–Crippen LogP) is 0.676. The van der Waals surface area contributed by atoms with Crippen LogP contribution in [0, 0.1) is 0 Å². The smallest absolute Gasteiger partial charge is 0.402 e. The lowest BCUT2D eigenvalue weighted by Crippen LogP contribution is -2.60. The van der Waals surface area contributed by atoms with E-state index in [1.54, 1.807) is 0 Å². The molecule has 0 radical (unpaired) electrons. The quantitative estimate of drug-likeness (QED) is 0.290. The van der Waals surface area contributed by atoms with Gasteiger partial charge < -0.3 is 45.2 Å². The Morgan fingerprint density at radius 1 is 0.871 bits per heavy atom. The highest BCUT2D eigenvalue weighted by Gasteiger charge is 2.45. The summed E-state index contributed by atoms with van der Waals surface area (Å²) in [6, 6.07) is 9.66. The summed E-state index contributed by atoms with van der Waals surface area (Å²) < 4.78 is 17.0. The van der Waals surface area contributed by atoms with Gasteiger partial charge in [-0.05, 0) is 24.3 Å². The van der Waals surface area contributed by atoms with Gasteiger partial charge in [0.25, 0.3) is 0 Å². The number of rotatable bonds is 4. The number of aliphatic hydroxyl groups excluding tert-OH is 4.